The molecule has 1 aliphatic heterocycles. The predicted molar refractivity (Wildman–Crippen MR) is 68.2 cm³/mol. The van der Waals surface area contributed by atoms with E-state index >= 15 is 0 Å². The van der Waals surface area contributed by atoms with Crippen LogP contribution in [0.4, 0.5) is 13.2 Å². The number of sulfonamides is 1. The Hall–Kier alpha value is -1.31. The Morgan fingerprint density at radius 1 is 1.29 bits per heavy atom. The molecule has 0 spiro atoms. The molecule has 3 aliphatic carbocycles. The maximum atomic E-state index is 12.8. The number of halogens is 3. The van der Waals surface area contributed by atoms with Crippen molar-refractivity contribution in [2.24, 2.45) is 17.3 Å². The van der Waals surface area contributed by atoms with Gasteiger partial charge in [0.05, 0.1) is 11.5 Å². The monoisotopic (exact) mass is 321 g/mol. The molecule has 0 aromatic carbocycles. The fourth-order valence-electron chi connectivity index (χ4n) is 3.92. The highest BCUT2D eigenvalue weighted by Gasteiger charge is 2.64. The molecular weight excluding hydrogens is 307 g/mol. The average Bonchev–Trinajstić information content (AvgIpc) is 2.82. The van der Waals surface area contributed by atoms with Gasteiger partial charge in [0.1, 0.15) is 5.78 Å². The molecule has 1 fully saturated rings. The van der Waals surface area contributed by atoms with Crippen LogP contribution in [-0.2, 0) is 14.8 Å². The van der Waals surface area contributed by atoms with Gasteiger partial charge in [-0.05, 0) is 31.6 Å². The Bertz CT molecular complexity index is 652. The first kappa shape index (κ1) is 14.6. The molecule has 1 heterocycles. The van der Waals surface area contributed by atoms with Gasteiger partial charge in [0, 0.05) is 6.20 Å². The number of carbonyl (C=O) groups excluding carboxylic acids is 1. The summed E-state index contributed by atoms with van der Waals surface area (Å²) in [6.07, 6.45) is 7.12. The Kier molecular flexibility index (Phi) is 2.87. The highest BCUT2D eigenvalue weighted by Crippen LogP contribution is 2.56. The Labute approximate surface area is 120 Å². The number of hydrogen-bond donors (Lipinski definition) is 0. The van der Waals surface area contributed by atoms with Gasteiger partial charge in [-0.15, -0.1) is 0 Å². The van der Waals surface area contributed by atoms with Crippen LogP contribution in [0.25, 0.3) is 0 Å². The van der Waals surface area contributed by atoms with E-state index in [1.807, 2.05) is 6.08 Å². The average molecular weight is 321 g/mol. The van der Waals surface area contributed by atoms with Crippen LogP contribution in [0.5, 0.6) is 0 Å². The number of allylic oxidation sites excluding steroid dienone is 1. The highest BCUT2D eigenvalue weighted by atomic mass is 32.2. The topological polar surface area (TPSA) is 54.5 Å². The van der Waals surface area contributed by atoms with E-state index in [1.54, 1.807) is 6.08 Å². The third kappa shape index (κ3) is 1.68. The van der Waals surface area contributed by atoms with Crippen molar-refractivity contribution in [3.05, 3.63) is 24.4 Å². The van der Waals surface area contributed by atoms with Gasteiger partial charge >= 0.3 is 15.5 Å². The lowest BCUT2D eigenvalue weighted by atomic mass is 9.55. The molecule has 1 saturated carbocycles. The van der Waals surface area contributed by atoms with E-state index in [1.165, 1.54) is 13.0 Å². The lowest BCUT2D eigenvalue weighted by molar-refractivity contribution is -0.131. The minimum atomic E-state index is -5.48. The Morgan fingerprint density at radius 3 is 2.43 bits per heavy atom. The van der Waals surface area contributed by atoms with Crippen LogP contribution in [0.1, 0.15) is 19.8 Å². The minimum Gasteiger partial charge on any atom is -0.299 e. The highest BCUT2D eigenvalue weighted by molar-refractivity contribution is 7.90. The van der Waals surface area contributed by atoms with Crippen LogP contribution in [0.3, 0.4) is 0 Å². The van der Waals surface area contributed by atoms with Crippen molar-refractivity contribution >= 4 is 15.8 Å². The second-order valence-electron chi connectivity index (χ2n) is 5.76. The summed E-state index contributed by atoms with van der Waals surface area (Å²) in [5.41, 5.74) is -6.53. The van der Waals surface area contributed by atoms with Crippen LogP contribution >= 0.6 is 0 Å². The lowest BCUT2D eigenvalue weighted by Crippen LogP contribution is -2.59. The van der Waals surface area contributed by atoms with Gasteiger partial charge in [0.15, 0.2) is 0 Å². The quantitative estimate of drug-likeness (QED) is 0.733. The molecule has 4 aliphatic rings. The third-order valence-electron chi connectivity index (χ3n) is 4.86. The third-order valence-corrected chi connectivity index (χ3v) is 6.35. The lowest BCUT2D eigenvalue weighted by Gasteiger charge is -2.51. The summed E-state index contributed by atoms with van der Waals surface area (Å²) in [4.78, 5) is 12.1. The second kappa shape index (κ2) is 4.12. The molecule has 0 N–H and O–H groups in total. The fourth-order valence-corrected chi connectivity index (χ4v) is 5.01. The molecule has 21 heavy (non-hydrogen) atoms. The summed E-state index contributed by atoms with van der Waals surface area (Å²) in [5, 5.41) is 0. The fraction of sp³-hybridized carbons (Fsp3) is 0.615. The number of nitrogens with zero attached hydrogens (tertiary/aromatic N) is 1. The zero-order valence-corrected chi connectivity index (χ0v) is 12.0. The molecule has 4 atom stereocenters. The number of ketones is 1. The van der Waals surface area contributed by atoms with Crippen molar-refractivity contribution in [2.75, 3.05) is 0 Å². The summed E-state index contributed by atoms with van der Waals surface area (Å²) in [6, 6.07) is -0.995. The van der Waals surface area contributed by atoms with Gasteiger partial charge in [-0.25, -0.2) is 0 Å². The van der Waals surface area contributed by atoms with Crippen molar-refractivity contribution in [1.82, 2.24) is 4.31 Å². The van der Waals surface area contributed by atoms with Crippen LogP contribution in [-0.4, -0.2) is 30.1 Å². The van der Waals surface area contributed by atoms with E-state index in [4.69, 9.17) is 0 Å². The van der Waals surface area contributed by atoms with Crippen molar-refractivity contribution in [3.8, 4) is 0 Å². The van der Waals surface area contributed by atoms with Crippen LogP contribution in [0.15, 0.2) is 24.4 Å². The molecule has 116 valence electrons. The standard InChI is InChI=1S/C13H14F3NO3S/c1-8(18)12-6-7-17(21(19,20)13(14,15)16)11(12)9-2-4-10(12)5-3-9/h2,4,6-7,9-11H,3,5H2,1H3/t9-,10+,11+,12+/m1/s1. The molecule has 0 unspecified atom stereocenters. The normalized spacial score (nSPS) is 37.9. The maximum Gasteiger partial charge on any atom is 0.516 e. The summed E-state index contributed by atoms with van der Waals surface area (Å²) in [7, 11) is -5.48. The first-order valence-electron chi connectivity index (χ1n) is 6.61. The van der Waals surface area contributed by atoms with E-state index in [2.05, 4.69) is 0 Å². The Morgan fingerprint density at radius 2 is 1.95 bits per heavy atom. The largest absolute Gasteiger partial charge is 0.516 e. The van der Waals surface area contributed by atoms with Crippen molar-refractivity contribution in [2.45, 2.75) is 31.3 Å². The van der Waals surface area contributed by atoms with Gasteiger partial charge in [-0.2, -0.15) is 21.6 Å². The van der Waals surface area contributed by atoms with E-state index in [0.717, 1.165) is 6.20 Å². The van der Waals surface area contributed by atoms with Crippen LogP contribution in [0, 0.1) is 17.3 Å². The number of Topliss-reactive ketones (excluding diaryl/α,β-unsaturated/α-hetero) is 1. The zero-order chi connectivity index (χ0) is 15.6. The van der Waals surface area contributed by atoms with Gasteiger partial charge in [-0.3, -0.25) is 9.10 Å². The molecule has 0 aromatic rings. The summed E-state index contributed by atoms with van der Waals surface area (Å²) in [6.45, 7) is 1.32. The SMILES string of the molecule is CC(=O)[C@]12C=CN(S(=O)(=O)C(F)(F)F)[C@H]1[C@@H]1C=C[C@H]2CC1. The number of carbonyl (C=O) groups is 1. The zero-order valence-electron chi connectivity index (χ0n) is 11.2. The molecule has 4 nitrogen and oxygen atoms in total. The van der Waals surface area contributed by atoms with Crippen molar-refractivity contribution in [3.63, 3.8) is 0 Å². The van der Waals surface area contributed by atoms with Gasteiger partial charge < -0.3 is 0 Å². The number of hydrogen-bond acceptors (Lipinski definition) is 3. The first-order valence-corrected chi connectivity index (χ1v) is 8.05. The molecule has 4 rings (SSSR count). The molecular formula is C13H14F3NO3S. The smallest absolute Gasteiger partial charge is 0.299 e. The van der Waals surface area contributed by atoms with Crippen molar-refractivity contribution in [1.29, 1.82) is 0 Å². The van der Waals surface area contributed by atoms with Gasteiger partial charge in [-0.1, -0.05) is 18.2 Å². The molecule has 0 amide bonds. The second-order valence-corrected chi connectivity index (χ2v) is 7.60. The molecule has 0 saturated heterocycles. The number of fused-ring (bicyclic) bond motifs is 1. The Balaban J connectivity index is 2.13. The number of rotatable bonds is 2. The van der Waals surface area contributed by atoms with E-state index in [9.17, 15) is 26.4 Å². The molecule has 0 aromatic heterocycles. The first-order chi connectivity index (χ1) is 9.62. The maximum absolute atomic E-state index is 12.8. The summed E-state index contributed by atoms with van der Waals surface area (Å²) < 4.78 is 62.4. The molecule has 2 bridgehead atoms. The molecule has 0 radical (unpaired) electrons. The number of alkyl halides is 3. The van der Waals surface area contributed by atoms with Crippen LogP contribution in [0.2, 0.25) is 0 Å². The van der Waals surface area contributed by atoms with E-state index < -0.39 is 27.0 Å². The van der Waals surface area contributed by atoms with Gasteiger partial charge in [0.25, 0.3) is 0 Å². The van der Waals surface area contributed by atoms with E-state index in [-0.39, 0.29) is 17.6 Å². The minimum absolute atomic E-state index is 0.241. The summed E-state index contributed by atoms with van der Waals surface area (Å²) in [5.74, 6) is -0.900. The molecule has 8 heteroatoms. The van der Waals surface area contributed by atoms with Crippen molar-refractivity contribution < 1.29 is 26.4 Å². The van der Waals surface area contributed by atoms with Crippen LogP contribution < -0.4 is 0 Å². The predicted octanol–water partition coefficient (Wildman–Crippen LogP) is 2.21. The summed E-state index contributed by atoms with van der Waals surface area (Å²) >= 11 is 0. The van der Waals surface area contributed by atoms with Gasteiger partial charge in [0.2, 0.25) is 0 Å². The van der Waals surface area contributed by atoms with E-state index in [0.29, 0.717) is 17.1 Å².